The van der Waals surface area contributed by atoms with Gasteiger partial charge < -0.3 is 4.52 Å². The molecule has 3 heteroatoms. The largest absolute Gasteiger partial charge is 0.361 e. The van der Waals surface area contributed by atoms with Crippen LogP contribution in [0.1, 0.15) is 46.9 Å². The maximum atomic E-state index is 5.50. The Kier molecular flexibility index (Phi) is 3.02. The highest BCUT2D eigenvalue weighted by atomic mass is 79.9. The maximum Gasteiger partial charge on any atom is 0.143 e. The first kappa shape index (κ1) is 12.0. The summed E-state index contributed by atoms with van der Waals surface area (Å²) >= 11 is 3.63. The number of halogens is 1. The van der Waals surface area contributed by atoms with Gasteiger partial charge in [-0.15, -0.1) is 0 Å². The molecule has 0 saturated heterocycles. The fourth-order valence-corrected chi connectivity index (χ4v) is 2.70. The van der Waals surface area contributed by atoms with Crippen molar-refractivity contribution in [2.24, 2.45) is 0 Å². The van der Waals surface area contributed by atoms with Crippen LogP contribution in [0, 0.1) is 13.8 Å². The van der Waals surface area contributed by atoms with Gasteiger partial charge in [0, 0.05) is 22.4 Å². The molecule has 0 bridgehead atoms. The van der Waals surface area contributed by atoms with E-state index >= 15 is 0 Å². The zero-order valence-electron chi connectivity index (χ0n) is 10.7. The number of aryl methyl sites for hydroxylation is 2. The smallest absolute Gasteiger partial charge is 0.143 e. The Balaban J connectivity index is 1.96. The van der Waals surface area contributed by atoms with Crippen molar-refractivity contribution in [3.8, 4) is 0 Å². The minimum atomic E-state index is 0.616. The third kappa shape index (κ3) is 2.24. The van der Waals surface area contributed by atoms with Gasteiger partial charge in [-0.3, -0.25) is 0 Å². The summed E-state index contributed by atoms with van der Waals surface area (Å²) in [6.07, 6.45) is 3.40. The first-order chi connectivity index (χ1) is 8.65. The van der Waals surface area contributed by atoms with Crippen LogP contribution < -0.4 is 0 Å². The van der Waals surface area contributed by atoms with E-state index in [0.717, 1.165) is 22.3 Å². The van der Waals surface area contributed by atoms with E-state index in [1.165, 1.54) is 29.5 Å². The zero-order chi connectivity index (χ0) is 12.7. The van der Waals surface area contributed by atoms with Crippen LogP contribution in [-0.4, -0.2) is 5.16 Å². The second-order valence-electron chi connectivity index (χ2n) is 5.16. The molecule has 18 heavy (non-hydrogen) atoms. The SMILES string of the molecule is Cc1ccc(Br)c(Cc2c(C)noc2C2CC2)c1. The minimum Gasteiger partial charge on any atom is -0.361 e. The average molecular weight is 306 g/mol. The molecule has 1 aromatic heterocycles. The molecule has 3 rings (SSSR count). The molecule has 1 aromatic carbocycles. The highest BCUT2D eigenvalue weighted by Crippen LogP contribution is 2.43. The monoisotopic (exact) mass is 305 g/mol. The van der Waals surface area contributed by atoms with E-state index < -0.39 is 0 Å². The molecule has 0 radical (unpaired) electrons. The first-order valence-electron chi connectivity index (χ1n) is 6.35. The van der Waals surface area contributed by atoms with Crippen molar-refractivity contribution >= 4 is 15.9 Å². The highest BCUT2D eigenvalue weighted by molar-refractivity contribution is 9.10. The molecule has 94 valence electrons. The molecule has 0 amide bonds. The summed E-state index contributed by atoms with van der Waals surface area (Å²) in [6, 6.07) is 6.47. The number of hydrogen-bond acceptors (Lipinski definition) is 2. The number of benzene rings is 1. The lowest BCUT2D eigenvalue weighted by molar-refractivity contribution is 0.379. The molecule has 0 aliphatic heterocycles. The molecule has 1 aliphatic rings. The van der Waals surface area contributed by atoms with Crippen LogP contribution in [0.4, 0.5) is 0 Å². The van der Waals surface area contributed by atoms with Crippen molar-refractivity contribution in [3.63, 3.8) is 0 Å². The van der Waals surface area contributed by atoms with Gasteiger partial charge in [-0.2, -0.15) is 0 Å². The summed E-state index contributed by atoms with van der Waals surface area (Å²) in [6.45, 7) is 4.16. The average Bonchev–Trinajstić information content (AvgIpc) is 3.11. The van der Waals surface area contributed by atoms with Crippen LogP contribution in [0.5, 0.6) is 0 Å². The van der Waals surface area contributed by atoms with Crippen LogP contribution >= 0.6 is 15.9 Å². The molecule has 0 atom stereocenters. The third-order valence-corrected chi connectivity index (χ3v) is 4.31. The summed E-state index contributed by atoms with van der Waals surface area (Å²) in [5.41, 5.74) is 4.91. The van der Waals surface area contributed by atoms with E-state index in [4.69, 9.17) is 4.52 Å². The van der Waals surface area contributed by atoms with Crippen molar-refractivity contribution in [2.45, 2.75) is 39.0 Å². The topological polar surface area (TPSA) is 26.0 Å². The third-order valence-electron chi connectivity index (χ3n) is 3.53. The normalized spacial score (nSPS) is 15.1. The molecule has 1 aliphatic carbocycles. The summed E-state index contributed by atoms with van der Waals surface area (Å²) in [5, 5.41) is 4.14. The number of hydrogen-bond donors (Lipinski definition) is 0. The van der Waals surface area contributed by atoms with Gasteiger partial charge in [0.25, 0.3) is 0 Å². The molecule has 1 fully saturated rings. The van der Waals surface area contributed by atoms with Crippen molar-refractivity contribution in [3.05, 3.63) is 50.8 Å². The van der Waals surface area contributed by atoms with Gasteiger partial charge >= 0.3 is 0 Å². The highest BCUT2D eigenvalue weighted by Gasteiger charge is 2.31. The Hall–Kier alpha value is -1.09. The molecular weight excluding hydrogens is 290 g/mol. The predicted molar refractivity (Wildman–Crippen MR) is 74.9 cm³/mol. The minimum absolute atomic E-state index is 0.616. The van der Waals surface area contributed by atoms with Crippen molar-refractivity contribution in [1.82, 2.24) is 5.16 Å². The summed E-state index contributed by atoms with van der Waals surface area (Å²) in [7, 11) is 0. The van der Waals surface area contributed by atoms with E-state index in [-0.39, 0.29) is 0 Å². The predicted octanol–water partition coefficient (Wildman–Crippen LogP) is 4.52. The van der Waals surface area contributed by atoms with Crippen molar-refractivity contribution in [1.29, 1.82) is 0 Å². The first-order valence-corrected chi connectivity index (χ1v) is 7.14. The van der Waals surface area contributed by atoms with Gasteiger partial charge in [-0.25, -0.2) is 0 Å². The molecule has 0 N–H and O–H groups in total. The zero-order valence-corrected chi connectivity index (χ0v) is 12.3. The van der Waals surface area contributed by atoms with Gasteiger partial charge in [0.2, 0.25) is 0 Å². The van der Waals surface area contributed by atoms with Gasteiger partial charge in [0.1, 0.15) is 5.76 Å². The lowest BCUT2D eigenvalue weighted by Gasteiger charge is -2.06. The molecular formula is C15H16BrNO. The van der Waals surface area contributed by atoms with E-state index in [1.54, 1.807) is 0 Å². The molecule has 0 spiro atoms. The van der Waals surface area contributed by atoms with Gasteiger partial charge in [-0.05, 0) is 38.3 Å². The molecule has 2 aromatic rings. The maximum absolute atomic E-state index is 5.50. The van der Waals surface area contributed by atoms with E-state index in [1.807, 2.05) is 6.92 Å². The standard InChI is InChI=1S/C15H16BrNO/c1-9-3-6-14(16)12(7-9)8-13-10(2)17-18-15(13)11-4-5-11/h3,6-7,11H,4-5,8H2,1-2H3. The van der Waals surface area contributed by atoms with Crippen LogP contribution in [0.15, 0.2) is 27.2 Å². The Morgan fingerprint density at radius 3 is 2.83 bits per heavy atom. The van der Waals surface area contributed by atoms with Crippen LogP contribution in [-0.2, 0) is 6.42 Å². The van der Waals surface area contributed by atoms with E-state index in [2.05, 4.69) is 46.2 Å². The van der Waals surface area contributed by atoms with Crippen LogP contribution in [0.3, 0.4) is 0 Å². The second-order valence-corrected chi connectivity index (χ2v) is 6.01. The van der Waals surface area contributed by atoms with Crippen molar-refractivity contribution in [2.75, 3.05) is 0 Å². The van der Waals surface area contributed by atoms with Gasteiger partial charge in [0.15, 0.2) is 0 Å². The van der Waals surface area contributed by atoms with Gasteiger partial charge in [-0.1, -0.05) is 38.8 Å². The second kappa shape index (κ2) is 4.54. The van der Waals surface area contributed by atoms with Crippen LogP contribution in [0.25, 0.3) is 0 Å². The number of aromatic nitrogens is 1. The van der Waals surface area contributed by atoms with Gasteiger partial charge in [0.05, 0.1) is 5.69 Å². The van der Waals surface area contributed by atoms with Crippen molar-refractivity contribution < 1.29 is 4.52 Å². The quantitative estimate of drug-likeness (QED) is 0.833. The Morgan fingerprint density at radius 1 is 1.33 bits per heavy atom. The van der Waals surface area contributed by atoms with E-state index in [9.17, 15) is 0 Å². The van der Waals surface area contributed by atoms with E-state index in [0.29, 0.717) is 5.92 Å². The fourth-order valence-electron chi connectivity index (χ4n) is 2.32. The summed E-state index contributed by atoms with van der Waals surface area (Å²) in [5.74, 6) is 1.73. The fraction of sp³-hybridized carbons (Fsp3) is 0.400. The summed E-state index contributed by atoms with van der Waals surface area (Å²) in [4.78, 5) is 0. The number of nitrogens with zero attached hydrogens (tertiary/aromatic N) is 1. The van der Waals surface area contributed by atoms with Crippen LogP contribution in [0.2, 0.25) is 0 Å². The lowest BCUT2D eigenvalue weighted by atomic mass is 10.0. The molecule has 1 saturated carbocycles. The Labute approximate surface area is 116 Å². The Bertz CT molecular complexity index is 584. The number of rotatable bonds is 3. The summed E-state index contributed by atoms with van der Waals surface area (Å²) < 4.78 is 6.66. The Morgan fingerprint density at radius 2 is 2.11 bits per heavy atom. The molecule has 0 unspecified atom stereocenters. The molecule has 1 heterocycles. The molecule has 2 nitrogen and oxygen atoms in total. The lowest BCUT2D eigenvalue weighted by Crippen LogP contribution is -1.95.